The van der Waals surface area contributed by atoms with Crippen LogP contribution < -0.4 is 10.6 Å². The van der Waals surface area contributed by atoms with Crippen LogP contribution in [0.3, 0.4) is 0 Å². The van der Waals surface area contributed by atoms with Crippen molar-refractivity contribution < 1.29 is 14.3 Å². The lowest BCUT2D eigenvalue weighted by Crippen LogP contribution is -2.49. The van der Waals surface area contributed by atoms with Crippen LogP contribution in [-0.2, 0) is 4.74 Å². The summed E-state index contributed by atoms with van der Waals surface area (Å²) in [6.45, 7) is 5.37. The third-order valence-corrected chi connectivity index (χ3v) is 4.56. The molecule has 1 fully saturated rings. The lowest BCUT2D eigenvalue weighted by Gasteiger charge is -2.32. The van der Waals surface area contributed by atoms with E-state index in [9.17, 15) is 9.59 Å². The second-order valence-electron chi connectivity index (χ2n) is 6.09. The van der Waals surface area contributed by atoms with Crippen molar-refractivity contribution in [2.75, 3.05) is 19.7 Å². The number of carbonyl (C=O) groups excluding carboxylic acids is 2. The van der Waals surface area contributed by atoms with Gasteiger partial charge in [-0.15, -0.1) is 0 Å². The summed E-state index contributed by atoms with van der Waals surface area (Å²) in [6, 6.07) is 7.30. The van der Waals surface area contributed by atoms with Crippen LogP contribution in [0.2, 0.25) is 5.02 Å². The Labute approximate surface area is 153 Å². The van der Waals surface area contributed by atoms with Crippen LogP contribution in [0.15, 0.2) is 24.3 Å². The fourth-order valence-corrected chi connectivity index (χ4v) is 3.15. The molecule has 0 aliphatic carbocycles. The Morgan fingerprint density at radius 2 is 2.04 bits per heavy atom. The predicted octanol–water partition coefficient (Wildman–Crippen LogP) is 3.71. The monoisotopic (exact) mass is 367 g/mol. The fourth-order valence-electron chi connectivity index (χ4n) is 2.95. The second-order valence-corrected chi connectivity index (χ2v) is 6.53. The van der Waals surface area contributed by atoms with Gasteiger partial charge in [0.15, 0.2) is 0 Å². The summed E-state index contributed by atoms with van der Waals surface area (Å²) in [5.41, 5.74) is 0.988. The molecule has 1 aromatic rings. The summed E-state index contributed by atoms with van der Waals surface area (Å²) in [5, 5.41) is 6.65. The molecule has 1 unspecified atom stereocenters. The number of amides is 3. The van der Waals surface area contributed by atoms with Gasteiger partial charge in [-0.25, -0.2) is 9.59 Å². The third-order valence-electron chi connectivity index (χ3n) is 4.32. The minimum Gasteiger partial charge on any atom is -0.450 e. The number of hydrogen-bond acceptors (Lipinski definition) is 3. The normalized spacial score (nSPS) is 16.2. The van der Waals surface area contributed by atoms with E-state index in [4.69, 9.17) is 16.3 Å². The molecule has 1 atom stereocenters. The molecule has 138 valence electrons. The molecule has 1 aliphatic rings. The zero-order valence-electron chi connectivity index (χ0n) is 14.8. The third kappa shape index (κ3) is 5.81. The van der Waals surface area contributed by atoms with Crippen LogP contribution in [0, 0.1) is 0 Å². The first-order chi connectivity index (χ1) is 12.0. The van der Waals surface area contributed by atoms with Crippen molar-refractivity contribution in [3.63, 3.8) is 0 Å². The number of benzene rings is 1. The topological polar surface area (TPSA) is 70.7 Å². The lowest BCUT2D eigenvalue weighted by atomic mass is 10.0. The summed E-state index contributed by atoms with van der Waals surface area (Å²) < 4.78 is 5.00. The molecule has 2 rings (SSSR count). The van der Waals surface area contributed by atoms with Gasteiger partial charge in [-0.05, 0) is 43.9 Å². The van der Waals surface area contributed by atoms with Crippen LogP contribution in [0.1, 0.15) is 44.7 Å². The van der Waals surface area contributed by atoms with Gasteiger partial charge in [-0.2, -0.15) is 0 Å². The summed E-state index contributed by atoms with van der Waals surface area (Å²) in [5.74, 6) is 0. The van der Waals surface area contributed by atoms with Gasteiger partial charge in [-0.3, -0.25) is 0 Å². The molecular formula is C18H26ClN3O3. The predicted molar refractivity (Wildman–Crippen MR) is 97.8 cm³/mol. The highest BCUT2D eigenvalue weighted by Gasteiger charge is 2.25. The molecule has 6 nitrogen and oxygen atoms in total. The van der Waals surface area contributed by atoms with Gasteiger partial charge >= 0.3 is 12.1 Å². The molecule has 1 heterocycles. The van der Waals surface area contributed by atoms with E-state index in [-0.39, 0.29) is 24.2 Å². The van der Waals surface area contributed by atoms with E-state index in [1.165, 1.54) is 0 Å². The fraction of sp³-hybridized carbons (Fsp3) is 0.556. The van der Waals surface area contributed by atoms with Gasteiger partial charge in [0.05, 0.1) is 12.6 Å². The number of nitrogens with zero attached hydrogens (tertiary/aromatic N) is 1. The van der Waals surface area contributed by atoms with Crippen LogP contribution in [0.25, 0.3) is 0 Å². The highest BCUT2D eigenvalue weighted by atomic mass is 35.5. The molecule has 1 aromatic carbocycles. The zero-order valence-corrected chi connectivity index (χ0v) is 15.5. The van der Waals surface area contributed by atoms with E-state index < -0.39 is 0 Å². The number of urea groups is 1. The standard InChI is InChI=1S/C18H26ClN3O3/c1-3-16(13-6-5-7-14(19)12-13)21-17(23)20-15-8-10-22(11-9-15)18(24)25-4-2/h5-7,12,15-16H,3-4,8-11H2,1-2H3,(H2,20,21,23). The quantitative estimate of drug-likeness (QED) is 0.833. The van der Waals surface area contributed by atoms with E-state index in [2.05, 4.69) is 10.6 Å². The van der Waals surface area contributed by atoms with Gasteiger partial charge in [-0.1, -0.05) is 30.7 Å². The van der Waals surface area contributed by atoms with Crippen molar-refractivity contribution in [1.29, 1.82) is 0 Å². The Kier molecular flexibility index (Phi) is 7.37. The van der Waals surface area contributed by atoms with Crippen LogP contribution in [-0.4, -0.2) is 42.8 Å². The number of piperidine rings is 1. The van der Waals surface area contributed by atoms with Crippen LogP contribution in [0.5, 0.6) is 0 Å². The van der Waals surface area contributed by atoms with E-state index in [0.29, 0.717) is 24.7 Å². The Balaban J connectivity index is 1.81. The molecule has 2 N–H and O–H groups in total. The molecule has 0 spiro atoms. The number of halogens is 1. The first kappa shape index (κ1) is 19.4. The minimum absolute atomic E-state index is 0.0579. The number of likely N-dealkylation sites (tertiary alicyclic amines) is 1. The Morgan fingerprint density at radius 3 is 2.64 bits per heavy atom. The van der Waals surface area contributed by atoms with Crippen molar-refractivity contribution >= 4 is 23.7 Å². The maximum absolute atomic E-state index is 12.3. The van der Waals surface area contributed by atoms with Gasteiger partial charge in [0, 0.05) is 24.2 Å². The van der Waals surface area contributed by atoms with Crippen LogP contribution >= 0.6 is 11.6 Å². The van der Waals surface area contributed by atoms with Crippen molar-refractivity contribution in [1.82, 2.24) is 15.5 Å². The highest BCUT2D eigenvalue weighted by Crippen LogP contribution is 2.20. The van der Waals surface area contributed by atoms with E-state index >= 15 is 0 Å². The summed E-state index contributed by atoms with van der Waals surface area (Å²) in [7, 11) is 0. The first-order valence-corrected chi connectivity index (χ1v) is 9.15. The molecule has 0 radical (unpaired) electrons. The number of hydrogen-bond donors (Lipinski definition) is 2. The van der Waals surface area contributed by atoms with E-state index in [1.54, 1.807) is 11.8 Å². The minimum atomic E-state index is -0.280. The van der Waals surface area contributed by atoms with Crippen molar-refractivity contribution in [3.05, 3.63) is 34.9 Å². The maximum atomic E-state index is 12.3. The zero-order chi connectivity index (χ0) is 18.2. The maximum Gasteiger partial charge on any atom is 0.409 e. The SMILES string of the molecule is CCOC(=O)N1CCC(NC(=O)NC(CC)c2cccc(Cl)c2)CC1. The van der Waals surface area contributed by atoms with E-state index in [0.717, 1.165) is 24.8 Å². The van der Waals surface area contributed by atoms with Gasteiger partial charge < -0.3 is 20.3 Å². The average Bonchev–Trinajstić information content (AvgIpc) is 2.60. The summed E-state index contributed by atoms with van der Waals surface area (Å²) in [6.07, 6.45) is 1.94. The van der Waals surface area contributed by atoms with Crippen molar-refractivity contribution in [3.8, 4) is 0 Å². The smallest absolute Gasteiger partial charge is 0.409 e. The summed E-state index contributed by atoms with van der Waals surface area (Å²) >= 11 is 6.03. The van der Waals surface area contributed by atoms with Crippen molar-refractivity contribution in [2.24, 2.45) is 0 Å². The molecule has 1 saturated heterocycles. The number of carbonyl (C=O) groups is 2. The van der Waals surface area contributed by atoms with Gasteiger partial charge in [0.2, 0.25) is 0 Å². The number of nitrogens with one attached hydrogen (secondary N) is 2. The number of rotatable bonds is 5. The van der Waals surface area contributed by atoms with Crippen molar-refractivity contribution in [2.45, 2.75) is 45.2 Å². The molecule has 0 bridgehead atoms. The molecule has 0 saturated carbocycles. The molecule has 0 aromatic heterocycles. The second kappa shape index (κ2) is 9.51. The molecule has 7 heteroatoms. The molecule has 3 amide bonds. The Hall–Kier alpha value is -1.95. The summed E-state index contributed by atoms with van der Waals surface area (Å²) in [4.78, 5) is 25.7. The van der Waals surface area contributed by atoms with Crippen LogP contribution in [0.4, 0.5) is 9.59 Å². The average molecular weight is 368 g/mol. The molecular weight excluding hydrogens is 342 g/mol. The van der Waals surface area contributed by atoms with Gasteiger partial charge in [0.1, 0.15) is 0 Å². The molecule has 1 aliphatic heterocycles. The molecule has 25 heavy (non-hydrogen) atoms. The highest BCUT2D eigenvalue weighted by molar-refractivity contribution is 6.30. The Morgan fingerprint density at radius 1 is 1.32 bits per heavy atom. The van der Waals surface area contributed by atoms with Gasteiger partial charge in [0.25, 0.3) is 0 Å². The largest absolute Gasteiger partial charge is 0.450 e. The lowest BCUT2D eigenvalue weighted by molar-refractivity contribution is 0.0957. The number of ether oxygens (including phenoxy) is 1. The van der Waals surface area contributed by atoms with E-state index in [1.807, 2.05) is 31.2 Å². The Bertz CT molecular complexity index is 589. The first-order valence-electron chi connectivity index (χ1n) is 8.77.